The third-order valence-electron chi connectivity index (χ3n) is 8.77. The highest BCUT2D eigenvalue weighted by atomic mass is 16.5. The number of fused-ring (bicyclic) bond motifs is 7. The number of carbonyl (C=O) groups excluding carboxylic acids is 2. The molecular weight excluding hydrogens is 489 g/mol. The monoisotopic (exact) mass is 519 g/mol. The van der Waals surface area contributed by atoms with Crippen LogP contribution in [0.4, 0.5) is 10.5 Å². The second-order valence-electron chi connectivity index (χ2n) is 11.5. The fourth-order valence-corrected chi connectivity index (χ4v) is 6.67. The van der Waals surface area contributed by atoms with Gasteiger partial charge in [0.25, 0.3) is 0 Å². The van der Waals surface area contributed by atoms with Crippen LogP contribution in [0.1, 0.15) is 37.8 Å². The molecule has 8 heteroatoms. The van der Waals surface area contributed by atoms with Crippen LogP contribution in [0.3, 0.4) is 0 Å². The van der Waals surface area contributed by atoms with Crippen molar-refractivity contribution in [3.8, 4) is 16.9 Å². The highest BCUT2D eigenvalue weighted by Crippen LogP contribution is 2.50. The summed E-state index contributed by atoms with van der Waals surface area (Å²) in [6, 6.07) is 14.1. The molecule has 1 N–H and O–H groups in total. The largest absolute Gasteiger partial charge is 0.488 e. The van der Waals surface area contributed by atoms with E-state index < -0.39 is 12.1 Å². The van der Waals surface area contributed by atoms with Gasteiger partial charge in [0.15, 0.2) is 0 Å². The molecule has 3 aromatic carbocycles. The van der Waals surface area contributed by atoms with Gasteiger partial charge in [-0.1, -0.05) is 43.6 Å². The summed E-state index contributed by atoms with van der Waals surface area (Å²) in [6.45, 7) is 4.38. The fraction of sp³-hybridized carbons (Fsp3) is 0.387. The molecule has 39 heavy (non-hydrogen) atoms. The van der Waals surface area contributed by atoms with Crippen molar-refractivity contribution >= 4 is 47.5 Å². The third kappa shape index (κ3) is 3.91. The lowest BCUT2D eigenvalue weighted by Gasteiger charge is -2.33. The zero-order valence-corrected chi connectivity index (χ0v) is 22.4. The molecule has 2 fully saturated rings. The van der Waals surface area contributed by atoms with Crippen molar-refractivity contribution in [2.75, 3.05) is 7.11 Å². The molecule has 1 aliphatic carbocycles. The van der Waals surface area contributed by atoms with Crippen molar-refractivity contribution in [3.05, 3.63) is 53.6 Å². The predicted octanol–water partition coefficient (Wildman–Crippen LogP) is 4.19. The summed E-state index contributed by atoms with van der Waals surface area (Å²) in [5, 5.41) is 5.04. The Morgan fingerprint density at radius 2 is 1.97 bits per heavy atom. The Balaban J connectivity index is 1.20. The van der Waals surface area contributed by atoms with E-state index in [-0.39, 0.29) is 23.9 Å². The summed E-state index contributed by atoms with van der Waals surface area (Å²) in [5.41, 5.74) is 7.23. The van der Waals surface area contributed by atoms with Gasteiger partial charge in [0.1, 0.15) is 26.2 Å². The minimum absolute atomic E-state index is 0.0457. The summed E-state index contributed by atoms with van der Waals surface area (Å²) >= 11 is 0. The number of rotatable bonds is 4. The van der Waals surface area contributed by atoms with E-state index in [1.54, 1.807) is 0 Å². The molecule has 0 unspecified atom stereocenters. The first-order chi connectivity index (χ1) is 18.8. The SMILES string of the molecule is [B]c1ccc2c(c1)COc1cc3c4c(ccc3cc1-2)N=C([C@@H]1C[C@H]2C[C@H]2N1C(=O)[C@@H](NC(=O)OC)C(C)C)C4. The molecule has 0 bridgehead atoms. The van der Waals surface area contributed by atoms with Crippen molar-refractivity contribution in [3.63, 3.8) is 0 Å². The molecule has 0 spiro atoms. The van der Waals surface area contributed by atoms with Gasteiger partial charge in [-0.15, -0.1) is 0 Å². The van der Waals surface area contributed by atoms with Crippen molar-refractivity contribution < 1.29 is 19.1 Å². The lowest BCUT2D eigenvalue weighted by atomic mass is 9.87. The molecule has 2 amide bonds. The zero-order valence-electron chi connectivity index (χ0n) is 22.4. The van der Waals surface area contributed by atoms with E-state index in [1.807, 2.05) is 30.9 Å². The quantitative estimate of drug-likeness (QED) is 0.525. The number of ether oxygens (including phenoxy) is 2. The van der Waals surface area contributed by atoms with Gasteiger partial charge in [0.05, 0.1) is 18.8 Å². The summed E-state index contributed by atoms with van der Waals surface area (Å²) in [5.74, 6) is 1.27. The Morgan fingerprint density at radius 1 is 1.13 bits per heavy atom. The molecule has 196 valence electrons. The summed E-state index contributed by atoms with van der Waals surface area (Å²) in [7, 11) is 7.32. The van der Waals surface area contributed by atoms with Crippen LogP contribution in [0.5, 0.6) is 5.75 Å². The molecule has 3 heterocycles. The van der Waals surface area contributed by atoms with E-state index in [2.05, 4.69) is 35.6 Å². The topological polar surface area (TPSA) is 80.2 Å². The van der Waals surface area contributed by atoms with E-state index in [0.717, 1.165) is 62.9 Å². The number of amides is 2. The van der Waals surface area contributed by atoms with Gasteiger partial charge < -0.3 is 19.7 Å². The van der Waals surface area contributed by atoms with E-state index in [9.17, 15) is 9.59 Å². The number of methoxy groups -OCH3 is 1. The number of likely N-dealkylation sites (tertiary alicyclic amines) is 1. The number of alkyl carbamates (subject to hydrolysis) is 1. The van der Waals surface area contributed by atoms with Crippen LogP contribution in [-0.4, -0.2) is 55.7 Å². The molecule has 4 atom stereocenters. The van der Waals surface area contributed by atoms with E-state index in [4.69, 9.17) is 22.3 Å². The standard InChI is InChI=1S/C31H30BN3O4/c1-15(2)29(34-31(37)38-3)30(36)35-26-10-17(26)11-27(35)25-12-22-21-13-28-23(9-16(21)4-7-24(22)33-25)20-6-5-19(32)8-18(20)14-39-28/h4-9,13,15,17,26-27,29H,10-12,14H2,1-3H3,(H,34,37)/t17-,26-,27+,29+/m1/s1. The van der Waals surface area contributed by atoms with E-state index in [1.165, 1.54) is 12.7 Å². The molecule has 1 saturated carbocycles. The maximum Gasteiger partial charge on any atom is 0.407 e. The average molecular weight is 519 g/mol. The molecular formula is C31H30BN3O4. The van der Waals surface area contributed by atoms with Gasteiger partial charge in [-0.3, -0.25) is 9.79 Å². The van der Waals surface area contributed by atoms with Crippen molar-refractivity contribution in [2.24, 2.45) is 16.8 Å². The number of nitrogens with zero attached hydrogens (tertiary/aromatic N) is 2. The van der Waals surface area contributed by atoms with E-state index >= 15 is 0 Å². The Labute approximate surface area is 229 Å². The Hall–Kier alpha value is -3.81. The summed E-state index contributed by atoms with van der Waals surface area (Å²) < 4.78 is 11.0. The van der Waals surface area contributed by atoms with Gasteiger partial charge >= 0.3 is 6.09 Å². The average Bonchev–Trinajstić information content (AvgIpc) is 3.37. The van der Waals surface area contributed by atoms with Crippen LogP contribution in [0.25, 0.3) is 21.9 Å². The van der Waals surface area contributed by atoms with Crippen LogP contribution >= 0.6 is 0 Å². The third-order valence-corrected chi connectivity index (χ3v) is 8.77. The molecule has 3 aliphatic heterocycles. The van der Waals surface area contributed by atoms with Crippen molar-refractivity contribution in [1.82, 2.24) is 10.2 Å². The number of hydrogen-bond acceptors (Lipinski definition) is 5. The summed E-state index contributed by atoms with van der Waals surface area (Å²) in [6.07, 6.45) is 2.05. The van der Waals surface area contributed by atoms with Crippen molar-refractivity contribution in [1.29, 1.82) is 0 Å². The highest BCUT2D eigenvalue weighted by molar-refractivity contribution is 6.32. The molecule has 0 aromatic heterocycles. The highest BCUT2D eigenvalue weighted by Gasteiger charge is 2.56. The maximum absolute atomic E-state index is 13.8. The summed E-state index contributed by atoms with van der Waals surface area (Å²) in [4.78, 5) is 32.8. The van der Waals surface area contributed by atoms with Crippen LogP contribution in [0.2, 0.25) is 0 Å². The van der Waals surface area contributed by atoms with Gasteiger partial charge in [0, 0.05) is 23.7 Å². The van der Waals surface area contributed by atoms with Crippen LogP contribution in [-0.2, 0) is 22.6 Å². The number of benzene rings is 3. The molecule has 3 aromatic rings. The smallest absolute Gasteiger partial charge is 0.407 e. The molecule has 7 rings (SSSR count). The lowest BCUT2D eigenvalue weighted by molar-refractivity contribution is -0.135. The van der Waals surface area contributed by atoms with Gasteiger partial charge in [0.2, 0.25) is 5.91 Å². The van der Waals surface area contributed by atoms with Crippen LogP contribution in [0, 0.1) is 11.8 Å². The number of piperidine rings is 1. The number of hydrogen-bond donors (Lipinski definition) is 1. The predicted molar refractivity (Wildman–Crippen MR) is 151 cm³/mol. The van der Waals surface area contributed by atoms with Gasteiger partial charge in [-0.05, 0) is 70.3 Å². The Bertz CT molecular complexity index is 1580. The first-order valence-electron chi connectivity index (χ1n) is 13.7. The number of carbonyl (C=O) groups is 2. The fourth-order valence-electron chi connectivity index (χ4n) is 6.67. The van der Waals surface area contributed by atoms with Gasteiger partial charge in [-0.2, -0.15) is 0 Å². The van der Waals surface area contributed by atoms with E-state index in [0.29, 0.717) is 18.9 Å². The first kappa shape index (κ1) is 24.3. The Kier molecular flexibility index (Phi) is 5.51. The Morgan fingerprint density at radius 3 is 2.77 bits per heavy atom. The molecule has 1 saturated heterocycles. The maximum atomic E-state index is 13.8. The van der Waals surface area contributed by atoms with Crippen LogP contribution < -0.4 is 15.5 Å². The lowest BCUT2D eigenvalue weighted by Crippen LogP contribution is -2.55. The minimum atomic E-state index is -0.633. The number of aliphatic imine (C=N–C) groups is 1. The molecule has 4 aliphatic rings. The normalized spacial score (nSPS) is 22.8. The number of nitrogens with one attached hydrogen (secondary N) is 1. The van der Waals surface area contributed by atoms with Crippen molar-refractivity contribution in [2.45, 2.75) is 57.8 Å². The molecule has 7 nitrogen and oxygen atoms in total. The second-order valence-corrected chi connectivity index (χ2v) is 11.5. The first-order valence-corrected chi connectivity index (χ1v) is 13.7. The van der Waals surface area contributed by atoms with Crippen LogP contribution in [0.15, 0.2) is 47.5 Å². The zero-order chi connectivity index (χ0) is 27.0. The van der Waals surface area contributed by atoms with Gasteiger partial charge in [-0.25, -0.2) is 4.79 Å². The second kappa shape index (κ2) is 8.86. The minimum Gasteiger partial charge on any atom is -0.488 e. The molecule has 2 radical (unpaired) electrons.